The zero-order chi connectivity index (χ0) is 11.3. The van der Waals surface area contributed by atoms with Crippen LogP contribution in [0.5, 0.6) is 0 Å². The average Bonchev–Trinajstić information content (AvgIpc) is 2.17. The number of aromatic nitrogens is 1. The van der Waals surface area contributed by atoms with Crippen LogP contribution in [0.1, 0.15) is 19.4 Å². The molecule has 0 saturated carbocycles. The van der Waals surface area contributed by atoms with Crippen molar-refractivity contribution in [1.29, 1.82) is 0 Å². The second-order valence-electron chi connectivity index (χ2n) is 3.49. The van der Waals surface area contributed by atoms with Gasteiger partial charge in [-0.15, -0.1) is 0 Å². The highest BCUT2D eigenvalue weighted by Crippen LogP contribution is 2.20. The van der Waals surface area contributed by atoms with E-state index < -0.39 is 0 Å². The highest BCUT2D eigenvalue weighted by Gasteiger charge is 2.04. The molecule has 1 heterocycles. The Morgan fingerprint density at radius 3 is 2.93 bits per heavy atom. The van der Waals surface area contributed by atoms with Gasteiger partial charge in [-0.1, -0.05) is 0 Å². The van der Waals surface area contributed by atoms with E-state index in [0.29, 0.717) is 0 Å². The minimum Gasteiger partial charge on any atom is -0.377 e. The number of pyridine rings is 1. The largest absolute Gasteiger partial charge is 0.377 e. The first-order valence-corrected chi connectivity index (χ1v) is 5.90. The molecule has 15 heavy (non-hydrogen) atoms. The average molecular weight is 273 g/mol. The number of aryl methyl sites for hydroxylation is 1. The van der Waals surface area contributed by atoms with Crippen molar-refractivity contribution in [2.24, 2.45) is 0 Å². The number of halogens is 1. The van der Waals surface area contributed by atoms with Gasteiger partial charge in [-0.3, -0.25) is 0 Å². The summed E-state index contributed by atoms with van der Waals surface area (Å²) in [5.74, 6) is 0.868. The SMILES string of the molecule is CCOC(C)CNc1ncc(C)cc1Br. The number of anilines is 1. The van der Waals surface area contributed by atoms with Crippen LogP contribution in [0.25, 0.3) is 0 Å². The molecule has 1 unspecified atom stereocenters. The molecule has 1 rings (SSSR count). The number of nitrogens with zero attached hydrogens (tertiary/aromatic N) is 1. The molecule has 0 fully saturated rings. The van der Waals surface area contributed by atoms with Gasteiger partial charge < -0.3 is 10.1 Å². The van der Waals surface area contributed by atoms with Crippen LogP contribution < -0.4 is 5.32 Å². The normalized spacial score (nSPS) is 12.5. The van der Waals surface area contributed by atoms with Crippen LogP contribution >= 0.6 is 15.9 Å². The van der Waals surface area contributed by atoms with Gasteiger partial charge >= 0.3 is 0 Å². The zero-order valence-corrected chi connectivity index (χ0v) is 11.0. The molecular formula is C11H17BrN2O. The molecule has 0 saturated heterocycles. The van der Waals surface area contributed by atoms with Gasteiger partial charge in [-0.25, -0.2) is 4.98 Å². The Morgan fingerprint density at radius 2 is 2.33 bits per heavy atom. The summed E-state index contributed by atoms with van der Waals surface area (Å²) < 4.78 is 6.41. The molecule has 4 heteroatoms. The number of ether oxygens (including phenoxy) is 1. The third-order valence-electron chi connectivity index (χ3n) is 1.99. The van der Waals surface area contributed by atoms with Crippen molar-refractivity contribution in [3.8, 4) is 0 Å². The highest BCUT2D eigenvalue weighted by molar-refractivity contribution is 9.10. The van der Waals surface area contributed by atoms with Gasteiger partial charge in [0.15, 0.2) is 0 Å². The predicted molar refractivity (Wildman–Crippen MR) is 66.3 cm³/mol. The summed E-state index contributed by atoms with van der Waals surface area (Å²) in [7, 11) is 0. The molecular weight excluding hydrogens is 256 g/mol. The van der Waals surface area contributed by atoms with Crippen LogP contribution in [0.2, 0.25) is 0 Å². The maximum absolute atomic E-state index is 5.42. The van der Waals surface area contributed by atoms with E-state index in [0.717, 1.165) is 29.0 Å². The molecule has 1 atom stereocenters. The van der Waals surface area contributed by atoms with Gasteiger partial charge in [-0.2, -0.15) is 0 Å². The molecule has 0 bridgehead atoms. The van der Waals surface area contributed by atoms with Crippen LogP contribution in [-0.4, -0.2) is 24.2 Å². The molecule has 1 aromatic heterocycles. The lowest BCUT2D eigenvalue weighted by molar-refractivity contribution is 0.0855. The number of rotatable bonds is 5. The Kier molecular flexibility index (Phi) is 5.05. The van der Waals surface area contributed by atoms with E-state index in [9.17, 15) is 0 Å². The molecule has 0 amide bonds. The second-order valence-corrected chi connectivity index (χ2v) is 4.34. The third kappa shape index (κ3) is 4.18. The summed E-state index contributed by atoms with van der Waals surface area (Å²) in [6.45, 7) is 7.56. The fourth-order valence-corrected chi connectivity index (χ4v) is 1.85. The standard InChI is InChI=1S/C11H17BrN2O/c1-4-15-9(3)7-14-11-10(12)5-8(2)6-13-11/h5-6,9H,4,7H2,1-3H3,(H,13,14). The molecule has 1 aromatic rings. The van der Waals surface area contributed by atoms with Crippen LogP contribution in [0.4, 0.5) is 5.82 Å². The monoisotopic (exact) mass is 272 g/mol. The maximum atomic E-state index is 5.42. The second kappa shape index (κ2) is 6.08. The van der Waals surface area contributed by atoms with Gasteiger partial charge in [0.05, 0.1) is 10.6 Å². The molecule has 0 radical (unpaired) electrons. The van der Waals surface area contributed by atoms with Crippen LogP contribution in [0, 0.1) is 6.92 Å². The van der Waals surface area contributed by atoms with Gasteiger partial charge in [-0.05, 0) is 48.3 Å². The molecule has 1 N–H and O–H groups in total. The van der Waals surface area contributed by atoms with Crippen molar-refractivity contribution in [3.05, 3.63) is 22.3 Å². The summed E-state index contributed by atoms with van der Waals surface area (Å²) in [6.07, 6.45) is 2.04. The van der Waals surface area contributed by atoms with Crippen molar-refractivity contribution in [1.82, 2.24) is 4.98 Å². The minimum absolute atomic E-state index is 0.199. The Hall–Kier alpha value is -0.610. The van der Waals surface area contributed by atoms with E-state index in [1.54, 1.807) is 0 Å². The first kappa shape index (κ1) is 12.5. The summed E-state index contributed by atoms with van der Waals surface area (Å²) >= 11 is 3.47. The topological polar surface area (TPSA) is 34.1 Å². The molecule has 3 nitrogen and oxygen atoms in total. The molecule has 0 aliphatic rings. The lowest BCUT2D eigenvalue weighted by Crippen LogP contribution is -2.20. The summed E-state index contributed by atoms with van der Waals surface area (Å²) in [6, 6.07) is 2.04. The third-order valence-corrected chi connectivity index (χ3v) is 2.59. The molecule has 84 valence electrons. The van der Waals surface area contributed by atoms with Gasteiger partial charge in [0.2, 0.25) is 0 Å². The van der Waals surface area contributed by atoms with E-state index in [1.165, 1.54) is 0 Å². The van der Waals surface area contributed by atoms with E-state index in [4.69, 9.17) is 4.74 Å². The quantitative estimate of drug-likeness (QED) is 0.895. The van der Waals surface area contributed by atoms with Gasteiger partial charge in [0.1, 0.15) is 5.82 Å². The molecule has 0 aliphatic heterocycles. The fourth-order valence-electron chi connectivity index (χ4n) is 1.25. The van der Waals surface area contributed by atoms with Crippen molar-refractivity contribution in [2.75, 3.05) is 18.5 Å². The zero-order valence-electron chi connectivity index (χ0n) is 9.38. The smallest absolute Gasteiger partial charge is 0.140 e. The number of nitrogens with one attached hydrogen (secondary N) is 1. The summed E-state index contributed by atoms with van der Waals surface area (Å²) in [4.78, 5) is 4.30. The number of hydrogen-bond donors (Lipinski definition) is 1. The summed E-state index contributed by atoms with van der Waals surface area (Å²) in [5, 5.41) is 3.24. The highest BCUT2D eigenvalue weighted by atomic mass is 79.9. The van der Waals surface area contributed by atoms with Crippen molar-refractivity contribution < 1.29 is 4.74 Å². The van der Waals surface area contributed by atoms with E-state index in [-0.39, 0.29) is 6.10 Å². The fraction of sp³-hybridized carbons (Fsp3) is 0.545. The van der Waals surface area contributed by atoms with Crippen LogP contribution in [0.15, 0.2) is 16.7 Å². The molecule has 0 aliphatic carbocycles. The predicted octanol–water partition coefficient (Wildman–Crippen LogP) is 2.99. The van der Waals surface area contributed by atoms with E-state index in [2.05, 4.69) is 26.2 Å². The van der Waals surface area contributed by atoms with Crippen molar-refractivity contribution in [3.63, 3.8) is 0 Å². The summed E-state index contributed by atoms with van der Waals surface area (Å²) in [5.41, 5.74) is 1.14. The van der Waals surface area contributed by atoms with E-state index in [1.807, 2.05) is 33.0 Å². The lowest BCUT2D eigenvalue weighted by Gasteiger charge is -2.13. The van der Waals surface area contributed by atoms with Crippen molar-refractivity contribution in [2.45, 2.75) is 26.9 Å². The Labute approximate surface area is 99.4 Å². The Morgan fingerprint density at radius 1 is 1.60 bits per heavy atom. The first-order valence-electron chi connectivity index (χ1n) is 5.11. The lowest BCUT2D eigenvalue weighted by atomic mass is 10.3. The van der Waals surface area contributed by atoms with Gasteiger partial charge in [0, 0.05) is 19.3 Å². The first-order chi connectivity index (χ1) is 7.13. The molecule has 0 aromatic carbocycles. The minimum atomic E-state index is 0.199. The van der Waals surface area contributed by atoms with Crippen molar-refractivity contribution >= 4 is 21.7 Å². The van der Waals surface area contributed by atoms with Gasteiger partial charge in [0.25, 0.3) is 0 Å². The number of hydrogen-bond acceptors (Lipinski definition) is 3. The Balaban J connectivity index is 2.50. The van der Waals surface area contributed by atoms with E-state index >= 15 is 0 Å². The maximum Gasteiger partial charge on any atom is 0.140 e. The molecule has 0 spiro atoms. The van der Waals surface area contributed by atoms with Crippen LogP contribution in [0.3, 0.4) is 0 Å². The Bertz CT molecular complexity index is 317. The van der Waals surface area contributed by atoms with Crippen LogP contribution in [-0.2, 0) is 4.74 Å².